The van der Waals surface area contributed by atoms with Gasteiger partial charge in [-0.1, -0.05) is 44.7 Å². The molecule has 1 aliphatic heterocycles. The first-order valence-electron chi connectivity index (χ1n) is 14.7. The van der Waals surface area contributed by atoms with Crippen molar-refractivity contribution >= 4 is 25.3 Å². The summed E-state index contributed by atoms with van der Waals surface area (Å²) in [4.78, 5) is 19.9. The van der Waals surface area contributed by atoms with Gasteiger partial charge in [-0.3, -0.25) is 4.90 Å². The van der Waals surface area contributed by atoms with Crippen molar-refractivity contribution in [2.24, 2.45) is 0 Å². The quantitative estimate of drug-likeness (QED) is 0.182. The maximum Gasteiger partial charge on any atom is 0.356 e. The number of benzene rings is 1. The largest absolute Gasteiger partial charge is 0.461 e. The molecule has 1 aromatic carbocycles. The molecule has 0 spiro atoms. The molecular weight excluding hydrogens is 563 g/mol. The predicted octanol–water partition coefficient (Wildman–Crippen LogP) is 6.57. The van der Waals surface area contributed by atoms with Gasteiger partial charge in [0.2, 0.25) is 0 Å². The van der Waals surface area contributed by atoms with Gasteiger partial charge in [-0.05, 0) is 90.1 Å². The van der Waals surface area contributed by atoms with Gasteiger partial charge in [-0.25, -0.2) is 18.3 Å². The van der Waals surface area contributed by atoms with Crippen LogP contribution in [0.15, 0.2) is 30.3 Å². The second kappa shape index (κ2) is 13.5. The molecule has 0 bridgehead atoms. The molecule has 42 heavy (non-hydrogen) atoms. The van der Waals surface area contributed by atoms with Crippen molar-refractivity contribution < 1.29 is 18.2 Å². The first-order chi connectivity index (χ1) is 19.5. The minimum absolute atomic E-state index is 0.0871. The number of esters is 1. The summed E-state index contributed by atoms with van der Waals surface area (Å²) in [5, 5.41) is 0.0871. The highest BCUT2D eigenvalue weighted by Crippen LogP contribution is 2.45. The Morgan fingerprint density at radius 1 is 1.17 bits per heavy atom. The van der Waals surface area contributed by atoms with Crippen LogP contribution in [-0.4, -0.2) is 71.3 Å². The molecule has 3 rings (SSSR count). The lowest BCUT2D eigenvalue weighted by Gasteiger charge is -2.37. The molecule has 2 aromatic rings. The fraction of sp³-hybridized carbons (Fsp3) is 0.576. The zero-order chi connectivity index (χ0) is 31.5. The third-order valence-electron chi connectivity index (χ3n) is 7.80. The van der Waals surface area contributed by atoms with Crippen LogP contribution in [0.5, 0.6) is 0 Å². The SMILES string of the molecule is CCOC(=O)c1cc2c(c(-c3cccc(C#CCN(C)C)c3)n1)[C@@H](CCO[Si](C)(C)C(C)(C)C)N([S@](=O)C(C)(C)C)C2. The van der Waals surface area contributed by atoms with E-state index >= 15 is 0 Å². The van der Waals surface area contributed by atoms with E-state index in [4.69, 9.17) is 14.1 Å². The lowest BCUT2D eigenvalue weighted by molar-refractivity contribution is 0.0519. The number of rotatable bonds is 9. The van der Waals surface area contributed by atoms with Gasteiger partial charge in [0, 0.05) is 29.8 Å². The van der Waals surface area contributed by atoms with Crippen molar-refractivity contribution in [1.29, 1.82) is 0 Å². The zero-order valence-corrected chi connectivity index (χ0v) is 29.2. The summed E-state index contributed by atoms with van der Waals surface area (Å²) in [5.74, 6) is 5.99. The Hall–Kier alpha value is -2.35. The molecule has 0 aliphatic carbocycles. The van der Waals surface area contributed by atoms with Gasteiger partial charge in [0.05, 0.1) is 29.6 Å². The molecule has 0 radical (unpaired) electrons. The summed E-state index contributed by atoms with van der Waals surface area (Å²) in [5.41, 5.74) is 4.65. The Kier molecular flexibility index (Phi) is 11.0. The number of hydrogen-bond acceptors (Lipinski definition) is 6. The summed E-state index contributed by atoms with van der Waals surface area (Å²) in [7, 11) is 0.701. The Bertz CT molecular complexity index is 1370. The van der Waals surface area contributed by atoms with E-state index in [0.29, 0.717) is 31.8 Å². The molecular formula is C33H49N3O4SSi. The highest BCUT2D eigenvalue weighted by Gasteiger charge is 2.42. The molecule has 0 saturated heterocycles. The van der Waals surface area contributed by atoms with Crippen LogP contribution in [0.25, 0.3) is 11.3 Å². The van der Waals surface area contributed by atoms with Gasteiger partial charge in [0.1, 0.15) is 16.7 Å². The number of nitrogens with zero attached hydrogens (tertiary/aromatic N) is 3. The fourth-order valence-corrected chi connectivity index (χ4v) is 7.03. The summed E-state index contributed by atoms with van der Waals surface area (Å²) in [6.07, 6.45) is 0.664. The first-order valence-corrected chi connectivity index (χ1v) is 18.8. The van der Waals surface area contributed by atoms with E-state index < -0.39 is 30.0 Å². The summed E-state index contributed by atoms with van der Waals surface area (Å²) >= 11 is 0. The average Bonchev–Trinajstić information content (AvgIpc) is 3.24. The number of ether oxygens (including phenoxy) is 1. The predicted molar refractivity (Wildman–Crippen MR) is 175 cm³/mol. The van der Waals surface area contributed by atoms with Crippen molar-refractivity contribution in [2.45, 2.75) is 90.4 Å². The van der Waals surface area contributed by atoms with Crippen LogP contribution in [0.1, 0.15) is 88.1 Å². The smallest absolute Gasteiger partial charge is 0.356 e. The second-order valence-corrected chi connectivity index (χ2v) is 20.6. The normalized spacial score (nSPS) is 16.6. The van der Waals surface area contributed by atoms with E-state index in [1.54, 1.807) is 6.92 Å². The van der Waals surface area contributed by atoms with Gasteiger partial charge in [0.15, 0.2) is 8.32 Å². The first kappa shape index (κ1) is 34.1. The molecule has 7 nitrogen and oxygen atoms in total. The monoisotopic (exact) mass is 611 g/mol. The lowest BCUT2D eigenvalue weighted by atomic mass is 9.95. The van der Waals surface area contributed by atoms with Crippen LogP contribution in [-0.2, 0) is 26.7 Å². The summed E-state index contributed by atoms with van der Waals surface area (Å²) in [6, 6.07) is 9.60. The van der Waals surface area contributed by atoms with Gasteiger partial charge in [-0.15, -0.1) is 0 Å². The minimum atomic E-state index is -1.98. The zero-order valence-electron chi connectivity index (χ0n) is 27.4. The fourth-order valence-electron chi connectivity index (χ4n) is 4.56. The van der Waals surface area contributed by atoms with Crippen LogP contribution >= 0.6 is 0 Å². The number of carbonyl (C=O) groups is 1. The Morgan fingerprint density at radius 2 is 1.86 bits per heavy atom. The number of fused-ring (bicyclic) bond motifs is 1. The van der Waals surface area contributed by atoms with Crippen LogP contribution in [0.4, 0.5) is 0 Å². The van der Waals surface area contributed by atoms with Crippen LogP contribution < -0.4 is 0 Å². The van der Waals surface area contributed by atoms with E-state index in [1.165, 1.54) is 0 Å². The highest BCUT2D eigenvalue weighted by atomic mass is 32.2. The molecule has 1 aromatic heterocycles. The molecule has 2 heterocycles. The number of pyridine rings is 1. The van der Waals surface area contributed by atoms with E-state index in [0.717, 1.165) is 22.3 Å². The van der Waals surface area contributed by atoms with Crippen molar-refractivity contribution in [3.05, 3.63) is 52.7 Å². The Morgan fingerprint density at radius 3 is 2.45 bits per heavy atom. The lowest BCUT2D eigenvalue weighted by Crippen LogP contribution is -2.42. The van der Waals surface area contributed by atoms with E-state index in [-0.39, 0.29) is 23.4 Å². The summed E-state index contributed by atoms with van der Waals surface area (Å²) in [6.45, 7) is 20.9. The van der Waals surface area contributed by atoms with Crippen LogP contribution in [0.3, 0.4) is 0 Å². The number of aromatic nitrogens is 1. The van der Waals surface area contributed by atoms with Crippen LogP contribution in [0, 0.1) is 11.8 Å². The molecule has 1 aliphatic rings. The summed E-state index contributed by atoms with van der Waals surface area (Å²) < 4.78 is 27.5. The topological polar surface area (TPSA) is 72.0 Å². The van der Waals surface area contributed by atoms with Crippen molar-refractivity contribution in [2.75, 3.05) is 33.9 Å². The molecule has 0 N–H and O–H groups in total. The van der Waals surface area contributed by atoms with Gasteiger partial charge >= 0.3 is 5.97 Å². The maximum atomic E-state index is 13.9. The Labute approximate surface area is 257 Å². The van der Waals surface area contributed by atoms with Crippen molar-refractivity contribution in [1.82, 2.24) is 14.2 Å². The van der Waals surface area contributed by atoms with Crippen LogP contribution in [0.2, 0.25) is 18.1 Å². The number of carbonyl (C=O) groups excluding carboxylic acids is 1. The van der Waals surface area contributed by atoms with Crippen molar-refractivity contribution in [3.63, 3.8) is 0 Å². The van der Waals surface area contributed by atoms with Gasteiger partial charge < -0.3 is 9.16 Å². The van der Waals surface area contributed by atoms with E-state index in [2.05, 4.69) is 50.0 Å². The van der Waals surface area contributed by atoms with Crippen molar-refractivity contribution in [3.8, 4) is 23.1 Å². The molecule has 0 saturated carbocycles. The third-order valence-corrected chi connectivity index (χ3v) is 14.2. The average molecular weight is 612 g/mol. The maximum absolute atomic E-state index is 13.9. The molecule has 9 heteroatoms. The minimum Gasteiger partial charge on any atom is -0.461 e. The van der Waals surface area contributed by atoms with Gasteiger partial charge in [-0.2, -0.15) is 0 Å². The van der Waals surface area contributed by atoms with Gasteiger partial charge in [0.25, 0.3) is 0 Å². The Balaban J connectivity index is 2.16. The molecule has 0 fully saturated rings. The van der Waals surface area contributed by atoms with E-state index in [1.807, 2.05) is 70.1 Å². The molecule has 0 amide bonds. The second-order valence-electron chi connectivity index (χ2n) is 13.6. The molecule has 230 valence electrons. The highest BCUT2D eigenvalue weighted by molar-refractivity contribution is 7.84. The number of hydrogen-bond donors (Lipinski definition) is 0. The molecule has 0 unspecified atom stereocenters. The molecule has 2 atom stereocenters. The standard InChI is InChI=1S/C33H49N3O4SSi/c1-12-39-31(37)27-22-26-23-36(41(38)32(2,3)4)28(18-20-40-42(10,11)33(5,6)7)29(26)30(34-27)25-17-13-15-24(21-25)16-14-19-35(8)9/h13,15,17,21-22,28H,12,18-20,23H2,1-11H3/t28-,41-/m1/s1. The van der Waals surface area contributed by atoms with E-state index in [9.17, 15) is 9.00 Å². The third kappa shape index (κ3) is 8.17.